The molecule has 3 heteroatoms. The molecule has 0 fully saturated rings. The zero-order valence-corrected chi connectivity index (χ0v) is 9.96. The van der Waals surface area contributed by atoms with Gasteiger partial charge in [0.1, 0.15) is 0 Å². The van der Waals surface area contributed by atoms with Crippen LogP contribution in [0.2, 0.25) is 0 Å². The molecule has 0 unspecified atom stereocenters. The van der Waals surface area contributed by atoms with Crippen LogP contribution in [-0.2, 0) is 6.42 Å². The van der Waals surface area contributed by atoms with Crippen molar-refractivity contribution in [1.82, 2.24) is 9.97 Å². The minimum Gasteiger partial charge on any atom is -0.369 e. The number of nitrogen functional groups attached to an aromatic ring is 1. The number of H-pyrrole nitrogens is 1. The van der Waals surface area contributed by atoms with Crippen LogP contribution in [-0.4, -0.2) is 9.97 Å². The predicted molar refractivity (Wildman–Crippen MR) is 66.5 cm³/mol. The molecule has 1 aromatic heterocycles. The summed E-state index contributed by atoms with van der Waals surface area (Å²) in [7, 11) is 0. The maximum Gasteiger partial charge on any atom is 0.197 e. The number of nitrogens with zero attached hydrogens (tertiary/aromatic N) is 1. The fourth-order valence-corrected chi connectivity index (χ4v) is 1.80. The Balaban J connectivity index is 2.27. The van der Waals surface area contributed by atoms with E-state index in [4.69, 9.17) is 5.73 Å². The summed E-state index contributed by atoms with van der Waals surface area (Å²) in [6.07, 6.45) is 0.834. The molecule has 16 heavy (non-hydrogen) atoms. The molecule has 0 bridgehead atoms. The summed E-state index contributed by atoms with van der Waals surface area (Å²) in [4.78, 5) is 7.30. The Kier molecular flexibility index (Phi) is 2.69. The highest BCUT2D eigenvalue weighted by Crippen LogP contribution is 2.15. The predicted octanol–water partition coefficient (Wildman–Crippen LogP) is 2.51. The van der Waals surface area contributed by atoms with Gasteiger partial charge in [-0.25, -0.2) is 4.98 Å². The minimum absolute atomic E-state index is 0.497. The molecule has 2 aromatic rings. The van der Waals surface area contributed by atoms with E-state index in [0.717, 1.165) is 17.8 Å². The number of aryl methyl sites for hydroxylation is 3. The number of aromatic amines is 1. The minimum atomic E-state index is 0.497. The van der Waals surface area contributed by atoms with Crippen LogP contribution in [0.15, 0.2) is 18.2 Å². The lowest BCUT2D eigenvalue weighted by Crippen LogP contribution is -1.93. The normalized spacial score (nSPS) is 10.7. The second-order valence-electron chi connectivity index (χ2n) is 4.29. The lowest BCUT2D eigenvalue weighted by molar-refractivity contribution is 1.07. The molecule has 0 atom stereocenters. The van der Waals surface area contributed by atoms with Gasteiger partial charge in [-0.2, -0.15) is 0 Å². The highest BCUT2D eigenvalue weighted by Gasteiger charge is 2.06. The summed E-state index contributed by atoms with van der Waals surface area (Å²) in [5, 5.41) is 0. The molecule has 3 N–H and O–H groups in total. The van der Waals surface area contributed by atoms with Crippen molar-refractivity contribution in [2.45, 2.75) is 27.2 Å². The number of imidazole rings is 1. The molecule has 0 amide bonds. The zero-order valence-electron chi connectivity index (χ0n) is 9.96. The Hall–Kier alpha value is -1.77. The van der Waals surface area contributed by atoms with Crippen molar-refractivity contribution in [2.75, 3.05) is 5.73 Å². The molecule has 3 nitrogen and oxygen atoms in total. The van der Waals surface area contributed by atoms with Crippen LogP contribution in [0.4, 0.5) is 5.95 Å². The largest absolute Gasteiger partial charge is 0.369 e. The molecule has 2 rings (SSSR count). The summed E-state index contributed by atoms with van der Waals surface area (Å²) >= 11 is 0. The number of hydrogen-bond acceptors (Lipinski definition) is 2. The fraction of sp³-hybridized carbons (Fsp3) is 0.308. The molecule has 0 aliphatic carbocycles. The highest BCUT2D eigenvalue weighted by atomic mass is 15.0. The second-order valence-corrected chi connectivity index (χ2v) is 4.29. The van der Waals surface area contributed by atoms with Crippen LogP contribution in [0.5, 0.6) is 0 Å². The third-order valence-corrected chi connectivity index (χ3v) is 2.95. The number of nitrogens with two attached hydrogens (primary N) is 1. The van der Waals surface area contributed by atoms with Crippen LogP contribution >= 0.6 is 0 Å². The lowest BCUT2D eigenvalue weighted by atomic mass is 10.0. The van der Waals surface area contributed by atoms with Gasteiger partial charge in [0.2, 0.25) is 0 Å². The third kappa shape index (κ3) is 2.08. The number of hydrogen-bond donors (Lipinski definition) is 2. The van der Waals surface area contributed by atoms with Gasteiger partial charge in [-0.3, -0.25) is 0 Å². The van der Waals surface area contributed by atoms with Crippen LogP contribution in [0, 0.1) is 20.8 Å². The topological polar surface area (TPSA) is 54.7 Å². The standard InChI is InChI=1S/C13H17N3/c1-8-4-5-11(6-9(8)2)7-12-10(3)15-13(14)16-12/h4-6H,7H2,1-3H3,(H3,14,15,16). The zero-order chi connectivity index (χ0) is 11.7. The van der Waals surface area contributed by atoms with Crippen LogP contribution in [0.3, 0.4) is 0 Å². The van der Waals surface area contributed by atoms with E-state index in [1.54, 1.807) is 0 Å². The maximum absolute atomic E-state index is 5.62. The van der Waals surface area contributed by atoms with Crippen molar-refractivity contribution in [3.05, 3.63) is 46.3 Å². The summed E-state index contributed by atoms with van der Waals surface area (Å²) in [5.41, 5.74) is 11.6. The van der Waals surface area contributed by atoms with Gasteiger partial charge in [-0.05, 0) is 37.5 Å². The smallest absolute Gasteiger partial charge is 0.197 e. The molecule has 1 heterocycles. The van der Waals surface area contributed by atoms with E-state index >= 15 is 0 Å². The summed E-state index contributed by atoms with van der Waals surface area (Å²) < 4.78 is 0. The first kappa shape index (κ1) is 10.7. The molecule has 0 saturated heterocycles. The number of nitrogens with one attached hydrogen (secondary N) is 1. The van der Waals surface area contributed by atoms with E-state index in [-0.39, 0.29) is 0 Å². The first-order valence-electron chi connectivity index (χ1n) is 5.43. The average molecular weight is 215 g/mol. The van der Waals surface area contributed by atoms with E-state index in [0.29, 0.717) is 5.95 Å². The average Bonchev–Trinajstić information content (AvgIpc) is 2.51. The summed E-state index contributed by atoms with van der Waals surface area (Å²) in [6, 6.07) is 6.50. The van der Waals surface area contributed by atoms with E-state index in [1.807, 2.05) is 6.92 Å². The Bertz CT molecular complexity index is 512. The fourth-order valence-electron chi connectivity index (χ4n) is 1.80. The summed E-state index contributed by atoms with van der Waals surface area (Å²) in [6.45, 7) is 6.25. The number of benzene rings is 1. The van der Waals surface area contributed by atoms with Crippen LogP contribution < -0.4 is 5.73 Å². The Morgan fingerprint density at radius 2 is 1.94 bits per heavy atom. The molecule has 0 aliphatic heterocycles. The molecule has 0 aliphatic rings. The quantitative estimate of drug-likeness (QED) is 0.808. The van der Waals surface area contributed by atoms with Crippen molar-refractivity contribution >= 4 is 5.95 Å². The van der Waals surface area contributed by atoms with Crippen molar-refractivity contribution in [3.8, 4) is 0 Å². The van der Waals surface area contributed by atoms with E-state index in [2.05, 4.69) is 42.0 Å². The van der Waals surface area contributed by atoms with E-state index in [9.17, 15) is 0 Å². The number of rotatable bonds is 2. The molecule has 0 spiro atoms. The van der Waals surface area contributed by atoms with Crippen molar-refractivity contribution in [2.24, 2.45) is 0 Å². The van der Waals surface area contributed by atoms with Crippen LogP contribution in [0.25, 0.3) is 0 Å². The van der Waals surface area contributed by atoms with Gasteiger partial charge in [0.05, 0.1) is 5.69 Å². The Morgan fingerprint density at radius 1 is 1.19 bits per heavy atom. The van der Waals surface area contributed by atoms with Gasteiger partial charge < -0.3 is 10.7 Å². The monoisotopic (exact) mass is 215 g/mol. The Labute approximate surface area is 95.7 Å². The first-order valence-corrected chi connectivity index (χ1v) is 5.43. The molecule has 1 aromatic carbocycles. The van der Waals surface area contributed by atoms with Gasteiger partial charge >= 0.3 is 0 Å². The van der Waals surface area contributed by atoms with Gasteiger partial charge in [0, 0.05) is 12.1 Å². The second kappa shape index (κ2) is 4.00. The molecule has 84 valence electrons. The van der Waals surface area contributed by atoms with Gasteiger partial charge in [-0.1, -0.05) is 18.2 Å². The summed E-state index contributed by atoms with van der Waals surface area (Å²) in [5.74, 6) is 0.497. The van der Waals surface area contributed by atoms with Gasteiger partial charge in [-0.15, -0.1) is 0 Å². The van der Waals surface area contributed by atoms with Crippen molar-refractivity contribution in [1.29, 1.82) is 0 Å². The van der Waals surface area contributed by atoms with Gasteiger partial charge in [0.25, 0.3) is 0 Å². The van der Waals surface area contributed by atoms with Crippen molar-refractivity contribution in [3.63, 3.8) is 0 Å². The molecular formula is C13H17N3. The van der Waals surface area contributed by atoms with Gasteiger partial charge in [0.15, 0.2) is 5.95 Å². The highest BCUT2D eigenvalue weighted by molar-refractivity contribution is 5.34. The molecule has 0 radical (unpaired) electrons. The number of anilines is 1. The number of aromatic nitrogens is 2. The van der Waals surface area contributed by atoms with E-state index < -0.39 is 0 Å². The first-order chi connectivity index (χ1) is 7.56. The molecular weight excluding hydrogens is 198 g/mol. The SMILES string of the molecule is Cc1ccc(Cc2nc(N)[nH]c2C)cc1C. The lowest BCUT2D eigenvalue weighted by Gasteiger charge is -2.04. The van der Waals surface area contributed by atoms with Crippen molar-refractivity contribution < 1.29 is 0 Å². The Morgan fingerprint density at radius 3 is 2.50 bits per heavy atom. The van der Waals surface area contributed by atoms with E-state index in [1.165, 1.54) is 16.7 Å². The third-order valence-electron chi connectivity index (χ3n) is 2.95. The van der Waals surface area contributed by atoms with Crippen LogP contribution in [0.1, 0.15) is 28.1 Å². The molecule has 0 saturated carbocycles. The maximum atomic E-state index is 5.62.